The summed E-state index contributed by atoms with van der Waals surface area (Å²) in [5.74, 6) is 0.733. The maximum atomic E-state index is 12.8. The number of aliphatic hydroxyl groups is 1. The molecule has 4 rings (SSSR count). The van der Waals surface area contributed by atoms with Crippen molar-refractivity contribution in [1.29, 1.82) is 0 Å². The minimum absolute atomic E-state index is 0.0507. The van der Waals surface area contributed by atoms with Gasteiger partial charge in [0.2, 0.25) is 0 Å². The first-order valence-corrected chi connectivity index (χ1v) is 12.0. The third kappa shape index (κ3) is 4.76. The van der Waals surface area contributed by atoms with Gasteiger partial charge in [0.05, 0.1) is 0 Å². The Morgan fingerprint density at radius 2 is 2.03 bits per heavy atom. The molecule has 7 nitrogen and oxygen atoms in total. The van der Waals surface area contributed by atoms with Crippen molar-refractivity contribution in [3.05, 3.63) is 45.6 Å². The molecule has 2 aliphatic rings. The second-order valence-corrected chi connectivity index (χ2v) is 9.91. The first kappa shape index (κ1) is 21.5. The molecule has 5 unspecified atom stereocenters. The highest BCUT2D eigenvalue weighted by Gasteiger charge is 2.37. The quantitative estimate of drug-likeness (QED) is 0.561. The Morgan fingerprint density at radius 1 is 1.27 bits per heavy atom. The van der Waals surface area contributed by atoms with Crippen LogP contribution in [0.25, 0.3) is 0 Å². The summed E-state index contributed by atoms with van der Waals surface area (Å²) in [6, 6.07) is 8.44. The van der Waals surface area contributed by atoms with E-state index in [-0.39, 0.29) is 23.8 Å². The van der Waals surface area contributed by atoms with Gasteiger partial charge in [0.15, 0.2) is 5.78 Å². The zero-order chi connectivity index (χ0) is 21.3. The molecule has 2 aliphatic carbocycles. The van der Waals surface area contributed by atoms with Crippen LogP contribution in [0.15, 0.2) is 30.3 Å². The molecule has 0 spiro atoms. The van der Waals surface area contributed by atoms with Crippen LogP contribution in [0.5, 0.6) is 5.75 Å². The minimum atomic E-state index is -2.37. The lowest BCUT2D eigenvalue weighted by atomic mass is 9.87. The van der Waals surface area contributed by atoms with Gasteiger partial charge in [-0.3, -0.25) is 9.00 Å². The van der Waals surface area contributed by atoms with Crippen LogP contribution in [0.3, 0.4) is 0 Å². The van der Waals surface area contributed by atoms with Crippen molar-refractivity contribution in [2.45, 2.75) is 50.9 Å². The number of carbonyl (C=O) groups is 1. The van der Waals surface area contributed by atoms with Crippen molar-refractivity contribution in [2.24, 2.45) is 5.92 Å². The summed E-state index contributed by atoms with van der Waals surface area (Å²) in [7, 11) is 0. The number of ether oxygens (including phenoxy) is 1. The van der Waals surface area contributed by atoms with Gasteiger partial charge < -0.3 is 24.4 Å². The van der Waals surface area contributed by atoms with Gasteiger partial charge >= 0.3 is 0 Å². The molecule has 0 bridgehead atoms. The molecule has 1 saturated carbocycles. The van der Waals surface area contributed by atoms with Crippen LogP contribution in [0, 0.1) is 12.8 Å². The number of nitrogens with one attached hydrogen (secondary N) is 2. The fraction of sp³-hybridized carbons (Fsp3) is 0.476. The summed E-state index contributed by atoms with van der Waals surface area (Å²) >= 11 is -0.656. The monoisotopic (exact) mass is 449 g/mol. The Bertz CT molecular complexity index is 930. The highest BCUT2D eigenvalue weighted by molar-refractivity contribution is 7.80. The number of aliphatic hydroxyl groups excluding tert-OH is 1. The van der Waals surface area contributed by atoms with Crippen LogP contribution in [-0.2, 0) is 17.7 Å². The minimum Gasteiger partial charge on any atom is -0.755 e. The fourth-order valence-corrected chi connectivity index (χ4v) is 5.65. The Morgan fingerprint density at radius 3 is 2.77 bits per heavy atom. The van der Waals surface area contributed by atoms with Crippen molar-refractivity contribution >= 4 is 34.1 Å². The van der Waals surface area contributed by atoms with E-state index in [0.29, 0.717) is 24.4 Å². The van der Waals surface area contributed by atoms with Crippen LogP contribution in [0.2, 0.25) is 0 Å². The lowest BCUT2D eigenvalue weighted by Gasteiger charge is -2.25. The second kappa shape index (κ2) is 9.15. The molecule has 3 N–H and O–H groups in total. The van der Waals surface area contributed by atoms with E-state index in [1.54, 1.807) is 35.6 Å². The van der Waals surface area contributed by atoms with Gasteiger partial charge in [-0.25, -0.2) is 0 Å². The normalized spacial score (nSPS) is 27.0. The number of aryl methyl sites for hydroxylation is 2. The van der Waals surface area contributed by atoms with Crippen LogP contribution < -0.4 is 14.8 Å². The Kier molecular flexibility index (Phi) is 6.54. The van der Waals surface area contributed by atoms with Crippen molar-refractivity contribution in [3.63, 3.8) is 0 Å². The molecule has 0 radical (unpaired) electrons. The van der Waals surface area contributed by atoms with Crippen molar-refractivity contribution in [1.82, 2.24) is 5.32 Å². The summed E-state index contributed by atoms with van der Waals surface area (Å²) in [4.78, 5) is 15.1. The molecule has 5 atom stereocenters. The number of ketones is 1. The lowest BCUT2D eigenvalue weighted by molar-refractivity contribution is 0.0442. The zero-order valence-electron chi connectivity index (χ0n) is 16.6. The molecule has 1 aromatic heterocycles. The van der Waals surface area contributed by atoms with Crippen LogP contribution in [0.4, 0.5) is 5.69 Å². The molecule has 0 aliphatic heterocycles. The summed E-state index contributed by atoms with van der Waals surface area (Å²) in [5.41, 5.74) is 1.32. The first-order chi connectivity index (χ1) is 14.4. The largest absolute Gasteiger partial charge is 0.755 e. The van der Waals surface area contributed by atoms with Crippen LogP contribution >= 0.6 is 11.3 Å². The SMILES string of the molecule is Cc1cc2c(s1)CCC(CNC1CCC(Oc3ccc(NS(=O)[O-])cc3)C1O)C2=O. The molecular formula is C21H25N2O5S2-. The van der Waals surface area contributed by atoms with Crippen molar-refractivity contribution < 1.29 is 23.4 Å². The summed E-state index contributed by atoms with van der Waals surface area (Å²) in [6.07, 6.45) is 2.24. The number of hydrogen-bond acceptors (Lipinski definition) is 7. The van der Waals surface area contributed by atoms with Crippen LogP contribution in [0.1, 0.15) is 39.4 Å². The highest BCUT2D eigenvalue weighted by Crippen LogP contribution is 2.32. The average Bonchev–Trinajstić information content (AvgIpc) is 3.25. The molecule has 0 saturated heterocycles. The van der Waals surface area contributed by atoms with E-state index in [0.717, 1.165) is 24.8 Å². The highest BCUT2D eigenvalue weighted by atomic mass is 32.2. The number of carbonyl (C=O) groups excluding carboxylic acids is 1. The van der Waals surface area contributed by atoms with Gasteiger partial charge in [-0.15, -0.1) is 11.3 Å². The number of hydrogen-bond donors (Lipinski definition) is 3. The number of rotatable bonds is 7. The Hall–Kier alpha value is -1.78. The molecule has 1 heterocycles. The molecule has 2 aromatic rings. The smallest absolute Gasteiger partial charge is 0.168 e. The molecule has 1 fully saturated rings. The molecular weight excluding hydrogens is 424 g/mol. The van der Waals surface area contributed by atoms with Crippen LogP contribution in [-0.4, -0.2) is 44.4 Å². The Balaban J connectivity index is 1.29. The third-order valence-corrected chi connectivity index (χ3v) is 7.33. The number of thiophene rings is 1. The van der Waals surface area contributed by atoms with E-state index in [9.17, 15) is 18.7 Å². The third-order valence-electron chi connectivity index (χ3n) is 5.81. The number of anilines is 1. The molecule has 0 amide bonds. The summed E-state index contributed by atoms with van der Waals surface area (Å²) in [5, 5.41) is 14.1. The number of Topliss-reactive ketones (excluding diaryl/α,β-unsaturated/α-hetero) is 1. The number of fused-ring (bicyclic) bond motifs is 1. The fourth-order valence-electron chi connectivity index (χ4n) is 4.27. The van der Waals surface area contributed by atoms with Crippen molar-refractivity contribution in [3.8, 4) is 5.75 Å². The van der Waals surface area contributed by atoms with Gasteiger partial charge in [0.1, 0.15) is 18.0 Å². The average molecular weight is 450 g/mol. The maximum Gasteiger partial charge on any atom is 0.168 e. The van der Waals surface area contributed by atoms with E-state index >= 15 is 0 Å². The lowest BCUT2D eigenvalue weighted by Crippen LogP contribution is -2.44. The predicted octanol–water partition coefficient (Wildman–Crippen LogP) is 2.57. The molecule has 9 heteroatoms. The molecule has 1 aromatic carbocycles. The van der Waals surface area contributed by atoms with Gasteiger partial charge in [0.25, 0.3) is 0 Å². The second-order valence-electron chi connectivity index (χ2n) is 7.89. The summed E-state index contributed by atoms with van der Waals surface area (Å²) < 4.78 is 29.5. The molecule has 162 valence electrons. The van der Waals surface area contributed by atoms with E-state index in [1.165, 1.54) is 9.75 Å². The molecule has 30 heavy (non-hydrogen) atoms. The van der Waals surface area contributed by atoms with Gasteiger partial charge in [-0.1, -0.05) is 0 Å². The predicted molar refractivity (Wildman–Crippen MR) is 116 cm³/mol. The van der Waals surface area contributed by atoms with Crippen molar-refractivity contribution in [2.75, 3.05) is 11.3 Å². The standard InChI is InChI=1S/C21H26N2O5S2/c1-12-10-16-19(29-12)9-2-13(20(16)24)11-22-17-7-8-18(21(17)25)28-15-5-3-14(4-6-15)23-30(26)27/h3-6,10,13,17-18,21-23,25H,2,7-9,11H2,1H3,(H,26,27)/p-1. The van der Waals surface area contributed by atoms with Gasteiger partial charge in [0, 0.05) is 50.8 Å². The maximum absolute atomic E-state index is 12.8. The van der Waals surface area contributed by atoms with Gasteiger partial charge in [-0.05, 0) is 62.9 Å². The van der Waals surface area contributed by atoms with E-state index in [2.05, 4.69) is 10.0 Å². The first-order valence-electron chi connectivity index (χ1n) is 10.1. The number of benzene rings is 1. The van der Waals surface area contributed by atoms with E-state index in [4.69, 9.17) is 4.74 Å². The van der Waals surface area contributed by atoms with E-state index < -0.39 is 17.4 Å². The Labute approximate surface area is 182 Å². The van der Waals surface area contributed by atoms with E-state index in [1.807, 2.05) is 13.0 Å². The summed E-state index contributed by atoms with van der Waals surface area (Å²) in [6.45, 7) is 2.60. The van der Waals surface area contributed by atoms with Gasteiger partial charge in [-0.2, -0.15) is 0 Å². The zero-order valence-corrected chi connectivity index (χ0v) is 18.3. The topological polar surface area (TPSA) is 111 Å².